The first-order valence-corrected chi connectivity index (χ1v) is 11.0. The lowest BCUT2D eigenvalue weighted by Gasteiger charge is -2.31. The van der Waals surface area contributed by atoms with Gasteiger partial charge in [-0.1, -0.05) is 6.07 Å². The summed E-state index contributed by atoms with van der Waals surface area (Å²) >= 11 is 0. The summed E-state index contributed by atoms with van der Waals surface area (Å²) in [5.41, 5.74) is 0.711. The van der Waals surface area contributed by atoms with Crippen LogP contribution in [0.3, 0.4) is 0 Å². The van der Waals surface area contributed by atoms with Crippen molar-refractivity contribution >= 4 is 15.9 Å². The molecule has 0 radical (unpaired) electrons. The third kappa shape index (κ3) is 4.73. The fourth-order valence-electron chi connectivity index (χ4n) is 3.55. The van der Waals surface area contributed by atoms with E-state index in [1.54, 1.807) is 32.4 Å². The van der Waals surface area contributed by atoms with Gasteiger partial charge in [0.15, 0.2) is 0 Å². The van der Waals surface area contributed by atoms with Crippen LogP contribution >= 0.6 is 0 Å². The first-order chi connectivity index (χ1) is 14.4. The first kappa shape index (κ1) is 22.0. The van der Waals surface area contributed by atoms with Crippen molar-refractivity contribution in [1.82, 2.24) is 9.62 Å². The molecule has 3 rings (SSSR count). The van der Waals surface area contributed by atoms with Crippen molar-refractivity contribution in [2.45, 2.75) is 24.3 Å². The third-order valence-corrected chi connectivity index (χ3v) is 7.05. The average molecular weight is 437 g/mol. The number of hydrogen-bond acceptors (Lipinski definition) is 5. The quantitative estimate of drug-likeness (QED) is 0.721. The number of nitrogens with zero attached hydrogens (tertiary/aromatic N) is 1. The number of amides is 1. The normalized spacial score (nSPS) is 17.4. The van der Waals surface area contributed by atoms with E-state index in [9.17, 15) is 17.6 Å². The van der Waals surface area contributed by atoms with Crippen LogP contribution in [0, 0.1) is 11.7 Å². The second kappa shape index (κ2) is 9.44. The van der Waals surface area contributed by atoms with Crippen molar-refractivity contribution in [3.63, 3.8) is 0 Å². The standard InChI is InChI=1S/C21H25FN2O5S/c1-28-19-6-3-7-20(29-2)18(19)13-23-21(25)15-5-4-12-24(14-15)30(26,27)17-10-8-16(22)9-11-17/h3,6-11,15H,4-5,12-14H2,1-2H3,(H,23,25)/t15-/m1/s1. The Labute approximate surface area is 175 Å². The zero-order valence-electron chi connectivity index (χ0n) is 16.9. The number of halogens is 1. The second-order valence-corrected chi connectivity index (χ2v) is 8.95. The van der Waals surface area contributed by atoms with Crippen molar-refractivity contribution in [1.29, 1.82) is 0 Å². The molecule has 9 heteroatoms. The summed E-state index contributed by atoms with van der Waals surface area (Å²) in [7, 11) is -0.705. The summed E-state index contributed by atoms with van der Waals surface area (Å²) in [5, 5.41) is 2.87. The van der Waals surface area contributed by atoms with Crippen molar-refractivity contribution < 1.29 is 27.1 Å². The van der Waals surface area contributed by atoms with Gasteiger partial charge in [-0.3, -0.25) is 4.79 Å². The molecule has 1 saturated heterocycles. The van der Waals surface area contributed by atoms with E-state index in [0.717, 1.165) is 12.1 Å². The van der Waals surface area contributed by atoms with Gasteiger partial charge in [0.25, 0.3) is 0 Å². The van der Waals surface area contributed by atoms with E-state index in [-0.39, 0.29) is 23.9 Å². The van der Waals surface area contributed by atoms with Crippen LogP contribution in [0.15, 0.2) is 47.4 Å². The summed E-state index contributed by atoms with van der Waals surface area (Å²) in [5.74, 6) is -0.0223. The maximum absolute atomic E-state index is 13.1. The number of hydrogen-bond donors (Lipinski definition) is 1. The molecule has 2 aromatic rings. The third-order valence-electron chi connectivity index (χ3n) is 5.18. The summed E-state index contributed by atoms with van der Waals surface area (Å²) in [4.78, 5) is 12.8. The molecule has 1 heterocycles. The smallest absolute Gasteiger partial charge is 0.243 e. The Bertz CT molecular complexity index is 973. The molecule has 2 aromatic carbocycles. The minimum atomic E-state index is -3.79. The van der Waals surface area contributed by atoms with Crippen LogP contribution in [0.1, 0.15) is 18.4 Å². The Morgan fingerprint density at radius 2 is 1.77 bits per heavy atom. The monoisotopic (exact) mass is 436 g/mol. The topological polar surface area (TPSA) is 84.9 Å². The van der Waals surface area contributed by atoms with Crippen LogP contribution in [0.2, 0.25) is 0 Å². The van der Waals surface area contributed by atoms with E-state index >= 15 is 0 Å². The molecule has 0 spiro atoms. The fraction of sp³-hybridized carbons (Fsp3) is 0.381. The summed E-state index contributed by atoms with van der Waals surface area (Å²) in [6, 6.07) is 10.1. The number of benzene rings is 2. The minimum Gasteiger partial charge on any atom is -0.496 e. The number of methoxy groups -OCH3 is 2. The summed E-state index contributed by atoms with van der Waals surface area (Å²) in [6.07, 6.45) is 1.15. The van der Waals surface area contributed by atoms with E-state index in [1.807, 2.05) is 0 Å². The SMILES string of the molecule is COc1cccc(OC)c1CNC(=O)[C@@H]1CCCN(S(=O)(=O)c2ccc(F)cc2)C1. The summed E-state index contributed by atoms with van der Waals surface area (Å²) in [6.45, 7) is 0.603. The molecule has 0 aliphatic carbocycles. The molecule has 1 aliphatic heterocycles. The summed E-state index contributed by atoms with van der Waals surface area (Å²) < 4.78 is 50.8. The van der Waals surface area contributed by atoms with Crippen LogP contribution in [-0.2, 0) is 21.4 Å². The largest absolute Gasteiger partial charge is 0.496 e. The highest BCUT2D eigenvalue weighted by Crippen LogP contribution is 2.29. The Balaban J connectivity index is 1.69. The zero-order valence-corrected chi connectivity index (χ0v) is 17.7. The molecule has 0 saturated carbocycles. The predicted molar refractivity (Wildman–Crippen MR) is 109 cm³/mol. The highest BCUT2D eigenvalue weighted by atomic mass is 32.2. The maximum atomic E-state index is 13.1. The van der Waals surface area contributed by atoms with Crippen LogP contribution in [-0.4, -0.2) is 45.9 Å². The fourth-order valence-corrected chi connectivity index (χ4v) is 5.08. The molecule has 1 aliphatic rings. The second-order valence-electron chi connectivity index (χ2n) is 7.02. The Morgan fingerprint density at radius 1 is 1.13 bits per heavy atom. The molecule has 0 aromatic heterocycles. The molecule has 0 unspecified atom stereocenters. The number of ether oxygens (including phenoxy) is 2. The number of carbonyl (C=O) groups excluding carboxylic acids is 1. The van der Waals surface area contributed by atoms with Gasteiger partial charge in [-0.15, -0.1) is 0 Å². The highest BCUT2D eigenvalue weighted by Gasteiger charge is 2.33. The molecule has 1 N–H and O–H groups in total. The van der Waals surface area contributed by atoms with Gasteiger partial charge in [0, 0.05) is 13.1 Å². The van der Waals surface area contributed by atoms with E-state index in [4.69, 9.17) is 9.47 Å². The zero-order chi connectivity index (χ0) is 21.7. The number of piperidine rings is 1. The molecule has 7 nitrogen and oxygen atoms in total. The maximum Gasteiger partial charge on any atom is 0.243 e. The van der Waals surface area contributed by atoms with Gasteiger partial charge in [-0.2, -0.15) is 4.31 Å². The lowest BCUT2D eigenvalue weighted by molar-refractivity contribution is -0.126. The van der Waals surface area contributed by atoms with E-state index < -0.39 is 21.8 Å². The van der Waals surface area contributed by atoms with E-state index in [0.29, 0.717) is 36.4 Å². The Morgan fingerprint density at radius 3 is 2.37 bits per heavy atom. The van der Waals surface area contributed by atoms with Crippen LogP contribution < -0.4 is 14.8 Å². The first-order valence-electron chi connectivity index (χ1n) is 9.60. The lowest BCUT2D eigenvalue weighted by Crippen LogP contribution is -2.45. The van der Waals surface area contributed by atoms with Gasteiger partial charge in [0.2, 0.25) is 15.9 Å². The number of sulfonamides is 1. The van der Waals surface area contributed by atoms with Crippen LogP contribution in [0.5, 0.6) is 11.5 Å². The number of carbonyl (C=O) groups is 1. The molecule has 1 amide bonds. The van der Waals surface area contributed by atoms with Crippen LogP contribution in [0.4, 0.5) is 4.39 Å². The number of rotatable bonds is 7. The molecule has 1 atom stereocenters. The molecule has 162 valence electrons. The highest BCUT2D eigenvalue weighted by molar-refractivity contribution is 7.89. The van der Waals surface area contributed by atoms with E-state index in [2.05, 4.69) is 5.32 Å². The molecular formula is C21H25FN2O5S. The molecule has 30 heavy (non-hydrogen) atoms. The predicted octanol–water partition coefficient (Wildman–Crippen LogP) is 2.56. The minimum absolute atomic E-state index is 0.0173. The number of nitrogens with one attached hydrogen (secondary N) is 1. The van der Waals surface area contributed by atoms with Crippen LogP contribution in [0.25, 0.3) is 0 Å². The van der Waals surface area contributed by atoms with Gasteiger partial charge in [0.05, 0.1) is 37.1 Å². The molecule has 1 fully saturated rings. The average Bonchev–Trinajstić information content (AvgIpc) is 2.77. The van der Waals surface area contributed by atoms with Gasteiger partial charge >= 0.3 is 0 Å². The van der Waals surface area contributed by atoms with Crippen molar-refractivity contribution in [2.75, 3.05) is 27.3 Å². The van der Waals surface area contributed by atoms with Crippen molar-refractivity contribution in [3.05, 3.63) is 53.8 Å². The molecular weight excluding hydrogens is 411 g/mol. The van der Waals surface area contributed by atoms with Gasteiger partial charge in [-0.05, 0) is 49.2 Å². The van der Waals surface area contributed by atoms with Crippen molar-refractivity contribution in [2.24, 2.45) is 5.92 Å². The Hall–Kier alpha value is -2.65. The van der Waals surface area contributed by atoms with Gasteiger partial charge in [0.1, 0.15) is 17.3 Å². The van der Waals surface area contributed by atoms with Gasteiger partial charge < -0.3 is 14.8 Å². The van der Waals surface area contributed by atoms with Crippen molar-refractivity contribution in [3.8, 4) is 11.5 Å². The lowest BCUT2D eigenvalue weighted by atomic mass is 9.98. The van der Waals surface area contributed by atoms with E-state index in [1.165, 1.54) is 16.4 Å². The Kier molecular flexibility index (Phi) is 6.94. The van der Waals surface area contributed by atoms with Gasteiger partial charge in [-0.25, -0.2) is 12.8 Å². The molecule has 0 bridgehead atoms.